The fraction of sp³-hybridized carbons (Fsp3) is 0.556. The third-order valence-corrected chi connectivity index (χ3v) is 8.12. The van der Waals surface area contributed by atoms with Crippen LogP contribution >= 0.6 is 0 Å². The zero-order chi connectivity index (χ0) is 26.4. The third kappa shape index (κ3) is 5.13. The number of carbonyl (C=O) groups excluding carboxylic acids is 1. The number of amides is 1. The lowest BCUT2D eigenvalue weighted by Crippen LogP contribution is -2.63. The molecule has 0 unspecified atom stereocenters. The van der Waals surface area contributed by atoms with Crippen LogP contribution in [0.4, 0.5) is 18.9 Å². The lowest BCUT2D eigenvalue weighted by atomic mass is 9.61. The molecule has 10 heteroatoms. The van der Waals surface area contributed by atoms with Crippen LogP contribution in [0.2, 0.25) is 0 Å². The molecule has 3 aliphatic rings. The first kappa shape index (κ1) is 25.8. The van der Waals surface area contributed by atoms with E-state index in [4.69, 9.17) is 4.74 Å². The van der Waals surface area contributed by atoms with E-state index in [2.05, 4.69) is 16.0 Å². The zero-order valence-corrected chi connectivity index (χ0v) is 21.1. The average Bonchev–Trinajstić information content (AvgIpc) is 2.79. The number of rotatable bonds is 6. The topological polar surface area (TPSA) is 84.4 Å². The van der Waals surface area contributed by atoms with Crippen LogP contribution < -0.4 is 21.5 Å². The Hall–Kier alpha value is -2.85. The molecule has 3 heterocycles. The Labute approximate surface area is 213 Å². The molecule has 2 aliphatic heterocycles. The standard InChI is InChI=1S/C27H33F3N4O3/c1-16-20(4-3-5-22(16)27(28,29)30)17(2)32-25(36)21-13-34(19-6-8-37-9-7-19)24(35)10-23(21)33-18-11-26(12-18)14-31-15-26/h3-5,10,13,17-19,31,33H,6-9,11-12,14-15H2,1-2H3,(H,32,36)/t17-/m1/s1. The minimum Gasteiger partial charge on any atom is -0.381 e. The van der Waals surface area contributed by atoms with E-state index in [1.807, 2.05) is 0 Å². The molecule has 200 valence electrons. The number of hydrogen-bond acceptors (Lipinski definition) is 5. The van der Waals surface area contributed by atoms with Crippen molar-refractivity contribution in [3.8, 4) is 0 Å². The number of nitrogens with zero attached hydrogens (tertiary/aromatic N) is 1. The molecule has 2 aromatic rings. The SMILES string of the molecule is Cc1c([C@@H](C)NC(=O)c2cn(C3CCOCC3)c(=O)cc2NC2CC3(CNC3)C2)cccc1C(F)(F)F. The summed E-state index contributed by atoms with van der Waals surface area (Å²) in [5, 5.41) is 9.57. The van der Waals surface area contributed by atoms with E-state index in [0.29, 0.717) is 48.3 Å². The summed E-state index contributed by atoms with van der Waals surface area (Å²) >= 11 is 0. The van der Waals surface area contributed by atoms with Crippen molar-refractivity contribution in [2.75, 3.05) is 31.6 Å². The first-order chi connectivity index (χ1) is 17.6. The number of nitrogens with one attached hydrogen (secondary N) is 3. The quantitative estimate of drug-likeness (QED) is 0.535. The van der Waals surface area contributed by atoms with Gasteiger partial charge in [-0.25, -0.2) is 0 Å². The van der Waals surface area contributed by atoms with Gasteiger partial charge in [0.25, 0.3) is 11.5 Å². The Morgan fingerprint density at radius 3 is 2.54 bits per heavy atom. The molecule has 1 atom stereocenters. The second kappa shape index (κ2) is 9.79. The molecular weight excluding hydrogens is 485 g/mol. The van der Waals surface area contributed by atoms with E-state index in [9.17, 15) is 22.8 Å². The minimum atomic E-state index is -4.48. The largest absolute Gasteiger partial charge is 0.416 e. The number of hydrogen-bond donors (Lipinski definition) is 3. The van der Waals surface area contributed by atoms with E-state index in [1.54, 1.807) is 23.8 Å². The molecule has 5 rings (SSSR count). The van der Waals surface area contributed by atoms with Gasteiger partial charge in [-0.1, -0.05) is 12.1 Å². The zero-order valence-electron chi connectivity index (χ0n) is 21.1. The maximum atomic E-state index is 13.5. The van der Waals surface area contributed by atoms with Crippen molar-refractivity contribution in [2.24, 2.45) is 5.41 Å². The normalized spacial score (nSPS) is 20.7. The molecule has 0 bridgehead atoms. The molecule has 1 aromatic heterocycles. The maximum absolute atomic E-state index is 13.5. The summed E-state index contributed by atoms with van der Waals surface area (Å²) in [7, 11) is 0. The van der Waals surface area contributed by atoms with E-state index < -0.39 is 23.7 Å². The van der Waals surface area contributed by atoms with Crippen LogP contribution in [0.25, 0.3) is 0 Å². The predicted molar refractivity (Wildman–Crippen MR) is 134 cm³/mol. The third-order valence-electron chi connectivity index (χ3n) is 8.12. The summed E-state index contributed by atoms with van der Waals surface area (Å²) in [6.45, 7) is 6.14. The van der Waals surface area contributed by atoms with Crippen molar-refractivity contribution in [3.63, 3.8) is 0 Å². The number of benzene rings is 1. The Kier molecular flexibility index (Phi) is 6.83. The van der Waals surface area contributed by atoms with Gasteiger partial charge in [-0.15, -0.1) is 0 Å². The number of halogens is 3. The molecule has 0 radical (unpaired) electrons. The van der Waals surface area contributed by atoms with Crippen LogP contribution in [0, 0.1) is 12.3 Å². The molecule has 3 fully saturated rings. The summed E-state index contributed by atoms with van der Waals surface area (Å²) in [5.41, 5.74) is 0.669. The molecule has 2 saturated heterocycles. The van der Waals surface area contributed by atoms with Crippen LogP contribution in [0.5, 0.6) is 0 Å². The molecule has 1 aromatic carbocycles. The van der Waals surface area contributed by atoms with Crippen LogP contribution in [0.3, 0.4) is 0 Å². The van der Waals surface area contributed by atoms with Gasteiger partial charge >= 0.3 is 6.18 Å². The molecular formula is C27H33F3N4O3. The minimum absolute atomic E-state index is 0.0713. The van der Waals surface area contributed by atoms with Gasteiger partial charge in [0.2, 0.25) is 0 Å². The average molecular weight is 519 g/mol. The van der Waals surface area contributed by atoms with Crippen molar-refractivity contribution in [3.05, 3.63) is 63.1 Å². The number of ether oxygens (including phenoxy) is 1. The number of alkyl halides is 3. The molecule has 1 saturated carbocycles. The predicted octanol–water partition coefficient (Wildman–Crippen LogP) is 4.18. The van der Waals surface area contributed by atoms with Crippen molar-refractivity contribution >= 4 is 11.6 Å². The highest BCUT2D eigenvalue weighted by Gasteiger charge is 2.48. The molecule has 1 amide bonds. The lowest BCUT2D eigenvalue weighted by molar-refractivity contribution is -0.138. The second-order valence-corrected chi connectivity index (χ2v) is 10.8. The van der Waals surface area contributed by atoms with E-state index in [1.165, 1.54) is 19.1 Å². The maximum Gasteiger partial charge on any atom is 0.416 e. The first-order valence-corrected chi connectivity index (χ1v) is 12.9. The van der Waals surface area contributed by atoms with Crippen molar-refractivity contribution in [2.45, 2.75) is 63.8 Å². The fourth-order valence-corrected chi connectivity index (χ4v) is 5.95. The first-order valence-electron chi connectivity index (χ1n) is 12.9. The van der Waals surface area contributed by atoms with E-state index >= 15 is 0 Å². The molecule has 37 heavy (non-hydrogen) atoms. The smallest absolute Gasteiger partial charge is 0.381 e. The van der Waals surface area contributed by atoms with Gasteiger partial charge in [-0.2, -0.15) is 13.2 Å². The Balaban J connectivity index is 1.42. The molecule has 7 nitrogen and oxygen atoms in total. The molecule has 1 aliphatic carbocycles. The monoisotopic (exact) mass is 518 g/mol. The number of aromatic nitrogens is 1. The van der Waals surface area contributed by atoms with Crippen molar-refractivity contribution < 1.29 is 22.7 Å². The van der Waals surface area contributed by atoms with Crippen LogP contribution in [-0.4, -0.2) is 42.8 Å². The Morgan fingerprint density at radius 1 is 1.22 bits per heavy atom. The van der Waals surface area contributed by atoms with Crippen LogP contribution in [-0.2, 0) is 10.9 Å². The van der Waals surface area contributed by atoms with Gasteiger partial charge in [-0.05, 0) is 62.1 Å². The summed E-state index contributed by atoms with van der Waals surface area (Å²) in [6, 6.07) is 4.90. The summed E-state index contributed by atoms with van der Waals surface area (Å²) in [6.07, 6.45) is 0.391. The lowest BCUT2D eigenvalue weighted by Gasteiger charge is -2.54. The van der Waals surface area contributed by atoms with Gasteiger partial charge in [0.15, 0.2) is 0 Å². The summed E-state index contributed by atoms with van der Waals surface area (Å²) in [4.78, 5) is 26.6. The van der Waals surface area contributed by atoms with Gasteiger partial charge in [-0.3, -0.25) is 9.59 Å². The number of pyridine rings is 1. The van der Waals surface area contributed by atoms with E-state index in [0.717, 1.165) is 32.0 Å². The van der Waals surface area contributed by atoms with Gasteiger partial charge in [0.05, 0.1) is 22.9 Å². The van der Waals surface area contributed by atoms with Crippen LogP contribution in [0.15, 0.2) is 35.3 Å². The second-order valence-electron chi connectivity index (χ2n) is 10.8. The van der Waals surface area contributed by atoms with Gasteiger partial charge in [0.1, 0.15) is 0 Å². The fourth-order valence-electron chi connectivity index (χ4n) is 5.95. The molecule has 1 spiro atoms. The van der Waals surface area contributed by atoms with Gasteiger partial charge in [0, 0.05) is 50.7 Å². The summed E-state index contributed by atoms with van der Waals surface area (Å²) in [5.74, 6) is -0.438. The van der Waals surface area contributed by atoms with E-state index in [-0.39, 0.29) is 23.2 Å². The van der Waals surface area contributed by atoms with Gasteiger partial charge < -0.3 is 25.3 Å². The highest BCUT2D eigenvalue weighted by Crippen LogP contribution is 2.45. The van der Waals surface area contributed by atoms with Crippen molar-refractivity contribution in [1.29, 1.82) is 0 Å². The Morgan fingerprint density at radius 2 is 1.92 bits per heavy atom. The number of anilines is 1. The molecule has 3 N–H and O–H groups in total. The summed E-state index contributed by atoms with van der Waals surface area (Å²) < 4.78 is 47.3. The highest BCUT2D eigenvalue weighted by molar-refractivity contribution is 5.99. The Bertz CT molecular complexity index is 1220. The highest BCUT2D eigenvalue weighted by atomic mass is 19.4. The van der Waals surface area contributed by atoms with Crippen molar-refractivity contribution in [1.82, 2.24) is 15.2 Å². The number of carbonyl (C=O) groups is 1. The van der Waals surface area contributed by atoms with Crippen LogP contribution in [0.1, 0.15) is 71.7 Å².